The molecule has 0 aromatic heterocycles. The van der Waals surface area contributed by atoms with Crippen molar-refractivity contribution >= 4 is 5.78 Å². The van der Waals surface area contributed by atoms with E-state index in [1.54, 1.807) is 13.8 Å². The van der Waals surface area contributed by atoms with Gasteiger partial charge in [-0.05, 0) is 38.8 Å². The van der Waals surface area contributed by atoms with Gasteiger partial charge in [0, 0.05) is 0 Å². The second kappa shape index (κ2) is 5.18. The maximum absolute atomic E-state index is 10.8. The number of rotatable bonds is 5. The Morgan fingerprint density at radius 3 is 2.38 bits per heavy atom. The number of carbonyl (C=O) groups excluding carboxylic acids is 1. The molecule has 0 aliphatic carbocycles. The van der Waals surface area contributed by atoms with Gasteiger partial charge in [0.1, 0.15) is 0 Å². The van der Waals surface area contributed by atoms with Gasteiger partial charge in [-0.15, -0.1) is 0 Å². The van der Waals surface area contributed by atoms with Crippen LogP contribution >= 0.6 is 0 Å². The van der Waals surface area contributed by atoms with Crippen LogP contribution in [0.25, 0.3) is 0 Å². The van der Waals surface area contributed by atoms with Crippen molar-refractivity contribution in [1.82, 2.24) is 0 Å². The van der Waals surface area contributed by atoms with Crippen LogP contribution in [0.15, 0.2) is 11.6 Å². The zero-order valence-corrected chi connectivity index (χ0v) is 9.05. The third-order valence-electron chi connectivity index (χ3n) is 2.29. The van der Waals surface area contributed by atoms with Gasteiger partial charge in [-0.1, -0.05) is 19.8 Å². The van der Waals surface area contributed by atoms with Gasteiger partial charge < -0.3 is 5.11 Å². The first kappa shape index (κ1) is 12.4. The zero-order chi connectivity index (χ0) is 10.5. The number of hydrogen-bond acceptors (Lipinski definition) is 2. The van der Waals surface area contributed by atoms with Crippen LogP contribution in [-0.2, 0) is 4.79 Å². The zero-order valence-electron chi connectivity index (χ0n) is 9.05. The summed E-state index contributed by atoms with van der Waals surface area (Å²) < 4.78 is 0. The molecule has 76 valence electrons. The fraction of sp³-hybridized carbons (Fsp3) is 0.727. The Balaban J connectivity index is 4.34. The molecule has 0 aliphatic heterocycles. The molecule has 0 aromatic carbocycles. The van der Waals surface area contributed by atoms with Crippen molar-refractivity contribution in [3.05, 3.63) is 11.6 Å². The highest BCUT2D eigenvalue weighted by atomic mass is 16.3. The average molecular weight is 184 g/mol. The van der Waals surface area contributed by atoms with Crippen molar-refractivity contribution in [3.63, 3.8) is 0 Å². The minimum atomic E-state index is -0.818. The van der Waals surface area contributed by atoms with Crippen LogP contribution in [-0.4, -0.2) is 16.5 Å². The monoisotopic (exact) mass is 184 g/mol. The van der Waals surface area contributed by atoms with Crippen molar-refractivity contribution in [2.24, 2.45) is 0 Å². The number of carbonyl (C=O) groups is 1. The Hall–Kier alpha value is -0.630. The number of aliphatic hydroxyl groups is 1. The van der Waals surface area contributed by atoms with E-state index >= 15 is 0 Å². The minimum absolute atomic E-state index is 0.00530. The van der Waals surface area contributed by atoms with E-state index in [1.807, 2.05) is 0 Å². The molecule has 0 aromatic rings. The Morgan fingerprint density at radius 1 is 1.46 bits per heavy atom. The van der Waals surface area contributed by atoms with Crippen LogP contribution < -0.4 is 0 Å². The molecule has 0 spiro atoms. The first-order valence-corrected chi connectivity index (χ1v) is 4.82. The first-order valence-electron chi connectivity index (χ1n) is 4.82. The lowest BCUT2D eigenvalue weighted by atomic mass is 9.90. The number of ketones is 1. The van der Waals surface area contributed by atoms with E-state index in [2.05, 4.69) is 6.92 Å². The maximum Gasteiger partial charge on any atom is 0.152 e. The van der Waals surface area contributed by atoms with Gasteiger partial charge in [-0.3, -0.25) is 4.79 Å². The molecule has 0 fully saturated rings. The quantitative estimate of drug-likeness (QED) is 0.666. The third kappa shape index (κ3) is 4.83. The molecule has 0 saturated carbocycles. The van der Waals surface area contributed by atoms with E-state index in [0.29, 0.717) is 0 Å². The van der Waals surface area contributed by atoms with Gasteiger partial charge in [0.15, 0.2) is 5.78 Å². The smallest absolute Gasteiger partial charge is 0.152 e. The van der Waals surface area contributed by atoms with Gasteiger partial charge in [-0.2, -0.15) is 0 Å². The van der Waals surface area contributed by atoms with Gasteiger partial charge in [0.05, 0.1) is 5.60 Å². The van der Waals surface area contributed by atoms with Gasteiger partial charge >= 0.3 is 0 Å². The van der Waals surface area contributed by atoms with Crippen molar-refractivity contribution in [2.75, 3.05) is 0 Å². The van der Waals surface area contributed by atoms with E-state index < -0.39 is 5.60 Å². The molecule has 0 aliphatic rings. The summed E-state index contributed by atoms with van der Waals surface area (Å²) in [5.74, 6) is -0.00530. The Morgan fingerprint density at radius 2 is 2.00 bits per heavy atom. The third-order valence-corrected chi connectivity index (χ3v) is 2.29. The SMILES string of the molecule is CCCCC(C)(O)/C(C)=C/C(C)=O. The van der Waals surface area contributed by atoms with Crippen LogP contribution in [0.5, 0.6) is 0 Å². The number of hydrogen-bond donors (Lipinski definition) is 1. The van der Waals surface area contributed by atoms with Gasteiger partial charge in [0.2, 0.25) is 0 Å². The normalized spacial score (nSPS) is 16.8. The highest BCUT2D eigenvalue weighted by Crippen LogP contribution is 2.22. The molecule has 0 rings (SSSR count). The van der Waals surface area contributed by atoms with E-state index in [4.69, 9.17) is 0 Å². The fourth-order valence-corrected chi connectivity index (χ4v) is 1.18. The molecule has 0 heterocycles. The molecule has 1 atom stereocenters. The Bertz CT molecular complexity index is 202. The van der Waals surface area contributed by atoms with Crippen LogP contribution in [0.4, 0.5) is 0 Å². The molecule has 0 amide bonds. The summed E-state index contributed by atoms with van der Waals surface area (Å²) >= 11 is 0. The highest BCUT2D eigenvalue weighted by molar-refractivity contribution is 5.88. The molecule has 0 radical (unpaired) electrons. The van der Waals surface area contributed by atoms with Gasteiger partial charge in [0.25, 0.3) is 0 Å². The van der Waals surface area contributed by atoms with Crippen molar-refractivity contribution in [2.45, 2.75) is 52.6 Å². The topological polar surface area (TPSA) is 37.3 Å². The molecule has 0 saturated heterocycles. The predicted molar refractivity (Wildman–Crippen MR) is 54.6 cm³/mol. The highest BCUT2D eigenvalue weighted by Gasteiger charge is 2.21. The van der Waals surface area contributed by atoms with Crippen molar-refractivity contribution < 1.29 is 9.90 Å². The Kier molecular flexibility index (Phi) is 4.92. The first-order chi connectivity index (χ1) is 5.90. The standard InChI is InChI=1S/C11H20O2/c1-5-6-7-11(4,13)9(2)8-10(3)12/h8,13H,5-7H2,1-4H3/b9-8+. The second-order valence-electron chi connectivity index (χ2n) is 3.82. The summed E-state index contributed by atoms with van der Waals surface area (Å²) in [5, 5.41) is 9.94. The number of unbranched alkanes of at least 4 members (excludes halogenated alkanes) is 1. The van der Waals surface area contributed by atoms with E-state index in [1.165, 1.54) is 13.0 Å². The van der Waals surface area contributed by atoms with Crippen molar-refractivity contribution in [1.29, 1.82) is 0 Å². The lowest BCUT2D eigenvalue weighted by molar-refractivity contribution is -0.112. The fourth-order valence-electron chi connectivity index (χ4n) is 1.18. The summed E-state index contributed by atoms with van der Waals surface area (Å²) in [4.78, 5) is 10.8. The molecular formula is C11H20O2. The molecular weight excluding hydrogens is 164 g/mol. The Labute approximate surface area is 80.7 Å². The van der Waals surface area contributed by atoms with Crippen LogP contribution in [0.1, 0.15) is 47.0 Å². The van der Waals surface area contributed by atoms with E-state index in [0.717, 1.165) is 24.8 Å². The van der Waals surface area contributed by atoms with Crippen LogP contribution in [0.2, 0.25) is 0 Å². The van der Waals surface area contributed by atoms with Crippen LogP contribution in [0.3, 0.4) is 0 Å². The van der Waals surface area contributed by atoms with Gasteiger partial charge in [-0.25, -0.2) is 0 Å². The molecule has 2 nitrogen and oxygen atoms in total. The van der Waals surface area contributed by atoms with Crippen LogP contribution in [0, 0.1) is 0 Å². The predicted octanol–water partition coefficient (Wildman–Crippen LogP) is 2.46. The molecule has 1 N–H and O–H groups in total. The van der Waals surface area contributed by atoms with E-state index in [-0.39, 0.29) is 5.78 Å². The lowest BCUT2D eigenvalue weighted by Crippen LogP contribution is -2.25. The summed E-state index contributed by atoms with van der Waals surface area (Å²) in [6.07, 6.45) is 4.27. The van der Waals surface area contributed by atoms with E-state index in [9.17, 15) is 9.90 Å². The average Bonchev–Trinajstić information content (AvgIpc) is 1.99. The maximum atomic E-state index is 10.8. The number of allylic oxidation sites excluding steroid dienone is 1. The summed E-state index contributed by atoms with van der Waals surface area (Å²) in [6.45, 7) is 7.15. The minimum Gasteiger partial charge on any atom is -0.386 e. The second-order valence-corrected chi connectivity index (χ2v) is 3.82. The van der Waals surface area contributed by atoms with Crippen molar-refractivity contribution in [3.8, 4) is 0 Å². The molecule has 2 heteroatoms. The lowest BCUT2D eigenvalue weighted by Gasteiger charge is -2.23. The summed E-state index contributed by atoms with van der Waals surface area (Å²) in [7, 11) is 0. The molecule has 1 unspecified atom stereocenters. The summed E-state index contributed by atoms with van der Waals surface area (Å²) in [6, 6.07) is 0. The molecule has 0 bridgehead atoms. The molecule has 13 heavy (non-hydrogen) atoms. The largest absolute Gasteiger partial charge is 0.386 e. The summed E-state index contributed by atoms with van der Waals surface area (Å²) in [5.41, 5.74) is -0.0600.